The first-order chi connectivity index (χ1) is 6.07. The molecule has 2 N–H and O–H groups in total. The zero-order valence-electron chi connectivity index (χ0n) is 8.61. The van der Waals surface area contributed by atoms with Gasteiger partial charge in [-0.1, -0.05) is 13.8 Å². The van der Waals surface area contributed by atoms with Crippen LogP contribution in [0.2, 0.25) is 0 Å². The zero-order valence-corrected chi connectivity index (χ0v) is 8.61. The first kappa shape index (κ1) is 10.1. The predicted molar refractivity (Wildman–Crippen MR) is 51.5 cm³/mol. The Kier molecular flexibility index (Phi) is 2.93. The smallest absolute Gasteiger partial charge is 0.161 e. The highest BCUT2D eigenvalue weighted by atomic mass is 16.5. The molecule has 0 aliphatic rings. The van der Waals surface area contributed by atoms with Gasteiger partial charge in [-0.15, -0.1) is 0 Å². The molecule has 0 bridgehead atoms. The standard InChI is InChI=1S/C9H17N3O/c1-6(2)8(10)9-7(13-4)5-11-12(9)3/h5-6,8H,10H2,1-4H3. The van der Waals surface area contributed by atoms with Crippen molar-refractivity contribution in [1.29, 1.82) is 0 Å². The van der Waals surface area contributed by atoms with Gasteiger partial charge < -0.3 is 10.5 Å². The number of hydrogen-bond acceptors (Lipinski definition) is 3. The van der Waals surface area contributed by atoms with E-state index in [0.29, 0.717) is 5.92 Å². The summed E-state index contributed by atoms with van der Waals surface area (Å²) in [6.45, 7) is 4.16. The summed E-state index contributed by atoms with van der Waals surface area (Å²) in [6.07, 6.45) is 1.69. The molecule has 0 aromatic carbocycles. The van der Waals surface area contributed by atoms with Crippen LogP contribution in [0.4, 0.5) is 0 Å². The number of rotatable bonds is 3. The van der Waals surface area contributed by atoms with Gasteiger partial charge in [-0.2, -0.15) is 5.10 Å². The molecule has 74 valence electrons. The summed E-state index contributed by atoms with van der Waals surface area (Å²) in [5.74, 6) is 1.15. The average Bonchev–Trinajstić information content (AvgIpc) is 2.45. The van der Waals surface area contributed by atoms with Crippen LogP contribution in [0, 0.1) is 5.92 Å². The van der Waals surface area contributed by atoms with Gasteiger partial charge in [-0.05, 0) is 5.92 Å². The normalized spacial score (nSPS) is 13.4. The van der Waals surface area contributed by atoms with Crippen LogP contribution in [0.5, 0.6) is 5.75 Å². The average molecular weight is 183 g/mol. The Labute approximate surface area is 78.7 Å². The van der Waals surface area contributed by atoms with Gasteiger partial charge >= 0.3 is 0 Å². The minimum absolute atomic E-state index is 0.0255. The van der Waals surface area contributed by atoms with Crippen LogP contribution in [0.3, 0.4) is 0 Å². The highest BCUT2D eigenvalue weighted by molar-refractivity contribution is 5.28. The molecule has 1 heterocycles. The highest BCUT2D eigenvalue weighted by Gasteiger charge is 2.19. The van der Waals surface area contributed by atoms with Crippen LogP contribution >= 0.6 is 0 Å². The first-order valence-corrected chi connectivity index (χ1v) is 4.39. The summed E-state index contributed by atoms with van der Waals surface area (Å²) in [7, 11) is 3.51. The van der Waals surface area contributed by atoms with E-state index in [4.69, 9.17) is 10.5 Å². The van der Waals surface area contributed by atoms with Crippen molar-refractivity contribution in [3.05, 3.63) is 11.9 Å². The van der Waals surface area contributed by atoms with Crippen LogP contribution in [-0.2, 0) is 7.05 Å². The van der Waals surface area contributed by atoms with Gasteiger partial charge in [0, 0.05) is 7.05 Å². The summed E-state index contributed by atoms with van der Waals surface area (Å²) in [5.41, 5.74) is 6.97. The van der Waals surface area contributed by atoms with Crippen molar-refractivity contribution in [2.24, 2.45) is 18.7 Å². The molecule has 1 unspecified atom stereocenters. The van der Waals surface area contributed by atoms with Gasteiger partial charge in [0.1, 0.15) is 0 Å². The monoisotopic (exact) mass is 183 g/mol. The second kappa shape index (κ2) is 3.79. The van der Waals surface area contributed by atoms with E-state index in [1.54, 1.807) is 18.0 Å². The van der Waals surface area contributed by atoms with Crippen molar-refractivity contribution in [3.8, 4) is 5.75 Å². The lowest BCUT2D eigenvalue weighted by atomic mass is 10.0. The summed E-state index contributed by atoms with van der Waals surface area (Å²) in [4.78, 5) is 0. The van der Waals surface area contributed by atoms with E-state index in [1.807, 2.05) is 7.05 Å². The van der Waals surface area contributed by atoms with Crippen molar-refractivity contribution in [3.63, 3.8) is 0 Å². The molecule has 4 heteroatoms. The van der Waals surface area contributed by atoms with E-state index in [0.717, 1.165) is 11.4 Å². The van der Waals surface area contributed by atoms with Gasteiger partial charge in [0.15, 0.2) is 5.75 Å². The Morgan fingerprint density at radius 1 is 1.54 bits per heavy atom. The summed E-state index contributed by atoms with van der Waals surface area (Å²) in [5, 5.41) is 4.10. The third kappa shape index (κ3) is 1.83. The Bertz CT molecular complexity index is 280. The molecule has 1 atom stereocenters. The Hall–Kier alpha value is -1.03. The van der Waals surface area contributed by atoms with Gasteiger partial charge in [0.05, 0.1) is 25.0 Å². The van der Waals surface area contributed by atoms with Crippen LogP contribution in [-0.4, -0.2) is 16.9 Å². The maximum Gasteiger partial charge on any atom is 0.161 e. The molecule has 1 rings (SSSR count). The summed E-state index contributed by atoms with van der Waals surface area (Å²) >= 11 is 0. The quantitative estimate of drug-likeness (QED) is 0.763. The SMILES string of the molecule is COc1cnn(C)c1C(N)C(C)C. The topological polar surface area (TPSA) is 53.1 Å². The zero-order chi connectivity index (χ0) is 10.0. The maximum absolute atomic E-state index is 6.02. The molecule has 0 aliphatic carbocycles. The fraction of sp³-hybridized carbons (Fsp3) is 0.667. The van der Waals surface area contributed by atoms with Gasteiger partial charge in [0.25, 0.3) is 0 Å². The van der Waals surface area contributed by atoms with Crippen LogP contribution in [0.1, 0.15) is 25.6 Å². The number of nitrogens with zero attached hydrogens (tertiary/aromatic N) is 2. The first-order valence-electron chi connectivity index (χ1n) is 4.39. The molecular weight excluding hydrogens is 166 g/mol. The maximum atomic E-state index is 6.02. The van der Waals surface area contributed by atoms with Crippen LogP contribution in [0.15, 0.2) is 6.20 Å². The number of methoxy groups -OCH3 is 1. The molecule has 1 aromatic heterocycles. The Morgan fingerprint density at radius 3 is 2.62 bits per heavy atom. The minimum Gasteiger partial charge on any atom is -0.493 e. The lowest BCUT2D eigenvalue weighted by Gasteiger charge is -2.17. The fourth-order valence-electron chi connectivity index (χ4n) is 1.28. The van der Waals surface area contributed by atoms with Crippen molar-refractivity contribution in [1.82, 2.24) is 9.78 Å². The predicted octanol–water partition coefficient (Wildman–Crippen LogP) is 1.08. The molecule has 0 fully saturated rings. The molecular formula is C9H17N3O. The Morgan fingerprint density at radius 2 is 2.15 bits per heavy atom. The van der Waals surface area contributed by atoms with Gasteiger partial charge in [-0.3, -0.25) is 4.68 Å². The second-order valence-electron chi connectivity index (χ2n) is 3.49. The number of hydrogen-bond donors (Lipinski definition) is 1. The molecule has 0 aliphatic heterocycles. The van der Waals surface area contributed by atoms with E-state index in [9.17, 15) is 0 Å². The van der Waals surface area contributed by atoms with E-state index >= 15 is 0 Å². The van der Waals surface area contributed by atoms with Crippen LogP contribution in [0.25, 0.3) is 0 Å². The molecule has 0 saturated heterocycles. The van der Waals surface area contributed by atoms with Crippen molar-refractivity contribution < 1.29 is 4.74 Å². The van der Waals surface area contributed by atoms with Gasteiger partial charge in [0.2, 0.25) is 0 Å². The van der Waals surface area contributed by atoms with E-state index in [-0.39, 0.29) is 6.04 Å². The summed E-state index contributed by atoms with van der Waals surface area (Å²) < 4.78 is 6.94. The van der Waals surface area contributed by atoms with Gasteiger partial charge in [-0.25, -0.2) is 0 Å². The minimum atomic E-state index is -0.0255. The number of ether oxygens (including phenoxy) is 1. The van der Waals surface area contributed by atoms with E-state index in [1.165, 1.54) is 0 Å². The number of aromatic nitrogens is 2. The largest absolute Gasteiger partial charge is 0.493 e. The second-order valence-corrected chi connectivity index (χ2v) is 3.49. The molecule has 1 aromatic rings. The third-order valence-corrected chi connectivity index (χ3v) is 2.20. The highest BCUT2D eigenvalue weighted by Crippen LogP contribution is 2.26. The van der Waals surface area contributed by atoms with Crippen molar-refractivity contribution in [2.45, 2.75) is 19.9 Å². The van der Waals surface area contributed by atoms with Crippen molar-refractivity contribution >= 4 is 0 Å². The number of nitrogens with two attached hydrogens (primary N) is 1. The third-order valence-electron chi connectivity index (χ3n) is 2.20. The lowest BCUT2D eigenvalue weighted by molar-refractivity contribution is 0.390. The van der Waals surface area contributed by atoms with E-state index in [2.05, 4.69) is 18.9 Å². The Balaban J connectivity index is 3.03. The lowest BCUT2D eigenvalue weighted by Crippen LogP contribution is -2.20. The van der Waals surface area contributed by atoms with Crippen molar-refractivity contribution in [2.75, 3.05) is 7.11 Å². The molecule has 0 saturated carbocycles. The molecule has 4 nitrogen and oxygen atoms in total. The van der Waals surface area contributed by atoms with E-state index < -0.39 is 0 Å². The fourth-order valence-corrected chi connectivity index (χ4v) is 1.28. The molecule has 13 heavy (non-hydrogen) atoms. The molecule has 0 amide bonds. The molecule has 0 spiro atoms. The summed E-state index contributed by atoms with van der Waals surface area (Å²) in [6, 6.07) is -0.0255. The molecule has 0 radical (unpaired) electrons. The van der Waals surface area contributed by atoms with Crippen LogP contribution < -0.4 is 10.5 Å². The number of aryl methyl sites for hydroxylation is 1.